The van der Waals surface area contributed by atoms with Gasteiger partial charge in [0.15, 0.2) is 6.10 Å². The van der Waals surface area contributed by atoms with Gasteiger partial charge in [0.1, 0.15) is 0 Å². The summed E-state index contributed by atoms with van der Waals surface area (Å²) in [4.78, 5) is 11.4. The van der Waals surface area contributed by atoms with Crippen LogP contribution in [-0.4, -0.2) is 36.5 Å². The smallest absolute Gasteiger partial charge is 0.384 e. The Hall–Kier alpha value is -1.76. The predicted octanol–water partition coefficient (Wildman–Crippen LogP) is 2.79. The van der Waals surface area contributed by atoms with Crippen LogP contribution in [0.5, 0.6) is 0 Å². The normalized spacial score (nSPS) is 14.2. The van der Waals surface area contributed by atoms with E-state index in [1.165, 1.54) is 0 Å². The van der Waals surface area contributed by atoms with E-state index in [-0.39, 0.29) is 12.5 Å². The molecule has 0 bridgehead atoms. The summed E-state index contributed by atoms with van der Waals surface area (Å²) in [7, 11) is 0. The third kappa shape index (κ3) is 6.80. The Kier molecular flexibility index (Phi) is 7.17. The van der Waals surface area contributed by atoms with E-state index in [2.05, 4.69) is 10.6 Å². The Labute approximate surface area is 127 Å². The molecule has 0 aliphatic rings. The molecule has 7 heteroatoms. The summed E-state index contributed by atoms with van der Waals surface area (Å²) >= 11 is 0. The topological polar surface area (TPSA) is 61.4 Å². The van der Waals surface area contributed by atoms with Gasteiger partial charge in [-0.1, -0.05) is 37.3 Å². The first kappa shape index (κ1) is 18.3. The molecule has 0 aliphatic carbocycles. The lowest BCUT2D eigenvalue weighted by molar-refractivity contribution is -0.204. The zero-order valence-electron chi connectivity index (χ0n) is 12.4. The summed E-state index contributed by atoms with van der Waals surface area (Å²) in [6.07, 6.45) is -6.89. The third-order valence-corrected chi connectivity index (χ3v) is 3.31. The number of nitrogens with one attached hydrogen (secondary N) is 2. The molecule has 0 saturated heterocycles. The number of halogens is 3. The van der Waals surface area contributed by atoms with Gasteiger partial charge in [0, 0.05) is 13.1 Å². The first-order valence-electron chi connectivity index (χ1n) is 7.12. The molecular weight excluding hydrogens is 297 g/mol. The van der Waals surface area contributed by atoms with Crippen molar-refractivity contribution in [1.29, 1.82) is 0 Å². The lowest BCUT2D eigenvalue weighted by Crippen LogP contribution is -2.39. The summed E-state index contributed by atoms with van der Waals surface area (Å²) in [5.74, 6) is 0.272. The second-order valence-corrected chi connectivity index (χ2v) is 5.13. The van der Waals surface area contributed by atoms with Gasteiger partial charge < -0.3 is 15.7 Å². The van der Waals surface area contributed by atoms with Crippen LogP contribution in [0.15, 0.2) is 30.3 Å². The highest BCUT2D eigenvalue weighted by Crippen LogP contribution is 2.21. The van der Waals surface area contributed by atoms with Crippen LogP contribution in [0, 0.1) is 0 Å². The van der Waals surface area contributed by atoms with Gasteiger partial charge in [0.25, 0.3) is 0 Å². The van der Waals surface area contributed by atoms with E-state index in [0.29, 0.717) is 6.54 Å². The van der Waals surface area contributed by atoms with Crippen LogP contribution in [0.1, 0.15) is 31.2 Å². The number of benzene rings is 1. The quantitative estimate of drug-likeness (QED) is 0.724. The van der Waals surface area contributed by atoms with Gasteiger partial charge in [-0.2, -0.15) is 13.2 Å². The largest absolute Gasteiger partial charge is 0.414 e. The standard InChI is InChI=1S/C15H21F3N2O2/c1-11(12-5-3-2-4-6-12)7-9-19-14(22)20-10-8-13(21)15(16,17)18/h2-6,11,13,21H,7-10H2,1H3,(H2,19,20,22)/t11-,13+/m1/s1. The van der Waals surface area contributed by atoms with Crippen LogP contribution < -0.4 is 10.6 Å². The second-order valence-electron chi connectivity index (χ2n) is 5.13. The Bertz CT molecular complexity index is 452. The van der Waals surface area contributed by atoms with Gasteiger partial charge in [-0.3, -0.25) is 0 Å². The highest BCUT2D eigenvalue weighted by atomic mass is 19.4. The Morgan fingerprint density at radius 3 is 2.23 bits per heavy atom. The zero-order valence-corrected chi connectivity index (χ0v) is 12.4. The number of carbonyl (C=O) groups excluding carboxylic acids is 1. The third-order valence-electron chi connectivity index (χ3n) is 3.31. The van der Waals surface area contributed by atoms with Crippen molar-refractivity contribution in [3.05, 3.63) is 35.9 Å². The molecular formula is C15H21F3N2O2. The van der Waals surface area contributed by atoms with Crippen molar-refractivity contribution in [2.24, 2.45) is 0 Å². The molecule has 0 aromatic heterocycles. The van der Waals surface area contributed by atoms with Gasteiger partial charge >= 0.3 is 12.2 Å². The second kappa shape index (κ2) is 8.63. The number of carbonyl (C=O) groups is 1. The monoisotopic (exact) mass is 318 g/mol. The number of aliphatic hydroxyl groups is 1. The number of hydrogen-bond acceptors (Lipinski definition) is 2. The molecule has 0 unspecified atom stereocenters. The molecule has 2 atom stereocenters. The highest BCUT2D eigenvalue weighted by molar-refractivity contribution is 5.73. The molecule has 0 aliphatic heterocycles. The van der Waals surface area contributed by atoms with Gasteiger partial charge in [-0.15, -0.1) is 0 Å². The first-order valence-corrected chi connectivity index (χ1v) is 7.12. The molecule has 0 fully saturated rings. The maximum Gasteiger partial charge on any atom is 0.414 e. The summed E-state index contributed by atoms with van der Waals surface area (Å²) < 4.78 is 36.1. The minimum atomic E-state index is -4.65. The van der Waals surface area contributed by atoms with Gasteiger partial charge in [-0.25, -0.2) is 4.79 Å². The van der Waals surface area contributed by atoms with E-state index in [1.54, 1.807) is 0 Å². The first-order chi connectivity index (χ1) is 10.3. The Morgan fingerprint density at radius 2 is 1.68 bits per heavy atom. The number of amides is 2. The molecule has 1 rings (SSSR count). The van der Waals surface area contributed by atoms with Crippen molar-refractivity contribution in [3.8, 4) is 0 Å². The molecule has 0 saturated carbocycles. The van der Waals surface area contributed by atoms with Crippen molar-refractivity contribution in [1.82, 2.24) is 10.6 Å². The van der Waals surface area contributed by atoms with Gasteiger partial charge in [-0.05, 0) is 24.3 Å². The minimum absolute atomic E-state index is 0.235. The number of hydrogen-bond donors (Lipinski definition) is 3. The van der Waals surface area contributed by atoms with Crippen molar-refractivity contribution in [2.45, 2.75) is 38.0 Å². The molecule has 0 heterocycles. The van der Waals surface area contributed by atoms with E-state index >= 15 is 0 Å². The average molecular weight is 318 g/mol. The molecule has 124 valence electrons. The lowest BCUT2D eigenvalue weighted by atomic mass is 9.98. The van der Waals surface area contributed by atoms with Crippen LogP contribution in [0.3, 0.4) is 0 Å². The Morgan fingerprint density at radius 1 is 1.14 bits per heavy atom. The van der Waals surface area contributed by atoms with E-state index in [9.17, 15) is 18.0 Å². The molecule has 0 spiro atoms. The van der Waals surface area contributed by atoms with Crippen LogP contribution >= 0.6 is 0 Å². The van der Waals surface area contributed by atoms with Crippen LogP contribution in [-0.2, 0) is 0 Å². The lowest BCUT2D eigenvalue weighted by Gasteiger charge is -2.15. The number of urea groups is 1. The fraction of sp³-hybridized carbons (Fsp3) is 0.533. The number of aliphatic hydroxyl groups excluding tert-OH is 1. The molecule has 4 nitrogen and oxygen atoms in total. The number of alkyl halides is 3. The maximum absolute atomic E-state index is 12.0. The highest BCUT2D eigenvalue weighted by Gasteiger charge is 2.37. The predicted molar refractivity (Wildman–Crippen MR) is 77.6 cm³/mol. The van der Waals surface area contributed by atoms with E-state index in [0.717, 1.165) is 12.0 Å². The summed E-state index contributed by atoms with van der Waals surface area (Å²) in [6.45, 7) is 2.22. The SMILES string of the molecule is C[C@H](CCNC(=O)NCC[C@H](O)C(F)(F)F)c1ccccc1. The van der Waals surface area contributed by atoms with Crippen LogP contribution in [0.25, 0.3) is 0 Å². The molecule has 22 heavy (non-hydrogen) atoms. The molecule has 2 amide bonds. The van der Waals surface area contributed by atoms with E-state index in [1.807, 2.05) is 37.3 Å². The number of rotatable bonds is 7. The van der Waals surface area contributed by atoms with E-state index in [4.69, 9.17) is 5.11 Å². The van der Waals surface area contributed by atoms with Crippen molar-refractivity contribution in [3.63, 3.8) is 0 Å². The van der Waals surface area contributed by atoms with Crippen LogP contribution in [0.4, 0.5) is 18.0 Å². The molecule has 3 N–H and O–H groups in total. The summed E-state index contributed by atoms with van der Waals surface area (Å²) in [5, 5.41) is 13.6. The minimum Gasteiger partial charge on any atom is -0.384 e. The van der Waals surface area contributed by atoms with Crippen LogP contribution in [0.2, 0.25) is 0 Å². The Balaban J connectivity index is 2.16. The average Bonchev–Trinajstić information content (AvgIpc) is 2.47. The maximum atomic E-state index is 12.0. The van der Waals surface area contributed by atoms with Gasteiger partial charge in [0.05, 0.1) is 0 Å². The van der Waals surface area contributed by atoms with E-state index < -0.39 is 24.7 Å². The zero-order chi connectivity index (χ0) is 16.6. The molecule has 1 aromatic rings. The fourth-order valence-electron chi connectivity index (χ4n) is 1.90. The molecule has 1 aromatic carbocycles. The van der Waals surface area contributed by atoms with Crippen molar-refractivity contribution >= 4 is 6.03 Å². The molecule has 0 radical (unpaired) electrons. The fourth-order valence-corrected chi connectivity index (χ4v) is 1.90. The summed E-state index contributed by atoms with van der Waals surface area (Å²) in [6, 6.07) is 9.29. The van der Waals surface area contributed by atoms with Crippen molar-refractivity contribution < 1.29 is 23.1 Å². The van der Waals surface area contributed by atoms with Gasteiger partial charge in [0.2, 0.25) is 0 Å². The summed E-state index contributed by atoms with van der Waals surface area (Å²) in [5.41, 5.74) is 1.16. The van der Waals surface area contributed by atoms with Crippen molar-refractivity contribution in [2.75, 3.05) is 13.1 Å².